The molecule has 0 atom stereocenters. The van der Waals surface area contributed by atoms with Gasteiger partial charge in [0, 0.05) is 30.7 Å². The van der Waals surface area contributed by atoms with Gasteiger partial charge >= 0.3 is 5.97 Å². The number of carbonyl (C=O) groups excluding carboxylic acids is 2. The van der Waals surface area contributed by atoms with Crippen molar-refractivity contribution in [3.05, 3.63) is 23.5 Å². The number of esters is 1. The van der Waals surface area contributed by atoms with Gasteiger partial charge in [0.1, 0.15) is 0 Å². The van der Waals surface area contributed by atoms with Crippen LogP contribution < -0.4 is 0 Å². The Balaban J connectivity index is 1.56. The van der Waals surface area contributed by atoms with E-state index in [0.717, 1.165) is 50.9 Å². The van der Waals surface area contributed by atoms with Crippen LogP contribution in [0.5, 0.6) is 0 Å². The second-order valence-electron chi connectivity index (χ2n) is 7.81. The Hall–Kier alpha value is -2.44. The second kappa shape index (κ2) is 7.29. The van der Waals surface area contributed by atoms with Crippen molar-refractivity contribution < 1.29 is 14.3 Å². The van der Waals surface area contributed by atoms with E-state index in [0.29, 0.717) is 22.5 Å². The quantitative estimate of drug-likeness (QED) is 0.756. The van der Waals surface area contributed by atoms with Gasteiger partial charge in [0.2, 0.25) is 0 Å². The van der Waals surface area contributed by atoms with Crippen molar-refractivity contribution in [2.45, 2.75) is 57.9 Å². The van der Waals surface area contributed by atoms with Crippen LogP contribution in [0, 0.1) is 0 Å². The van der Waals surface area contributed by atoms with Crippen LogP contribution in [0.3, 0.4) is 0 Å². The van der Waals surface area contributed by atoms with Gasteiger partial charge in [-0.3, -0.25) is 4.79 Å². The number of nitrogens with zero attached hydrogens (tertiary/aromatic N) is 4. The lowest BCUT2D eigenvalue weighted by Gasteiger charge is -2.26. The third-order valence-electron chi connectivity index (χ3n) is 5.33. The Morgan fingerprint density at radius 1 is 1.22 bits per heavy atom. The molecule has 1 saturated heterocycles. The molecule has 0 unspecified atom stereocenters. The van der Waals surface area contributed by atoms with Gasteiger partial charge in [-0.2, -0.15) is 5.10 Å². The summed E-state index contributed by atoms with van der Waals surface area (Å²) in [5.74, 6) is -0.182. The highest BCUT2D eigenvalue weighted by Crippen LogP contribution is 2.40. The number of amides is 1. The first-order valence-corrected chi connectivity index (χ1v) is 9.87. The molecule has 4 rings (SSSR count). The van der Waals surface area contributed by atoms with Crippen LogP contribution in [0.2, 0.25) is 0 Å². The first-order valence-electron chi connectivity index (χ1n) is 9.87. The number of likely N-dealkylation sites (tertiary alicyclic amines) is 1. The van der Waals surface area contributed by atoms with Gasteiger partial charge in [-0.15, -0.1) is 0 Å². The number of carbonyl (C=O) groups is 2. The molecule has 1 amide bonds. The monoisotopic (exact) mass is 370 g/mol. The van der Waals surface area contributed by atoms with E-state index in [4.69, 9.17) is 9.72 Å². The van der Waals surface area contributed by atoms with Gasteiger partial charge in [-0.05, 0) is 52.0 Å². The molecule has 1 aliphatic heterocycles. The molecule has 0 aromatic carbocycles. The van der Waals surface area contributed by atoms with Crippen LogP contribution in [0.15, 0.2) is 12.3 Å². The van der Waals surface area contributed by atoms with Crippen LogP contribution in [0.4, 0.5) is 0 Å². The molecule has 27 heavy (non-hydrogen) atoms. The fourth-order valence-electron chi connectivity index (χ4n) is 3.61. The maximum atomic E-state index is 12.8. The van der Waals surface area contributed by atoms with Gasteiger partial charge < -0.3 is 9.64 Å². The van der Waals surface area contributed by atoms with Crippen molar-refractivity contribution in [1.82, 2.24) is 19.7 Å². The maximum Gasteiger partial charge on any atom is 0.339 e. The first kappa shape index (κ1) is 17.9. The molecule has 2 aromatic rings. The molecule has 7 heteroatoms. The van der Waals surface area contributed by atoms with E-state index in [1.807, 2.05) is 24.6 Å². The van der Waals surface area contributed by atoms with Crippen molar-refractivity contribution in [2.75, 3.05) is 19.7 Å². The number of aromatic nitrogens is 3. The average molecular weight is 370 g/mol. The summed E-state index contributed by atoms with van der Waals surface area (Å²) in [6, 6.07) is 1.97. The number of piperidine rings is 1. The zero-order chi connectivity index (χ0) is 19.0. The summed E-state index contributed by atoms with van der Waals surface area (Å²) in [6.07, 6.45) is 7.05. The van der Waals surface area contributed by atoms with E-state index < -0.39 is 5.97 Å². The lowest BCUT2D eigenvalue weighted by atomic mass is 10.1. The molecule has 7 nitrogen and oxygen atoms in total. The summed E-state index contributed by atoms with van der Waals surface area (Å²) in [6.45, 7) is 5.37. The van der Waals surface area contributed by atoms with Crippen molar-refractivity contribution in [3.63, 3.8) is 0 Å². The molecular weight excluding hydrogens is 344 g/mol. The van der Waals surface area contributed by atoms with Crippen LogP contribution >= 0.6 is 0 Å². The average Bonchev–Trinajstić information content (AvgIpc) is 3.44. The molecule has 1 aliphatic carbocycles. The Labute approximate surface area is 158 Å². The SMILES string of the molecule is CC(C)n1ncc2c(C(=O)OCC(=O)N3CCCCC3)cc(C3CC3)nc21. The highest BCUT2D eigenvalue weighted by Gasteiger charge is 2.29. The molecular formula is C20H26N4O3. The molecule has 0 radical (unpaired) electrons. The number of rotatable bonds is 5. The topological polar surface area (TPSA) is 77.3 Å². The van der Waals surface area contributed by atoms with Crippen molar-refractivity contribution in [2.24, 2.45) is 0 Å². The molecule has 2 fully saturated rings. The third kappa shape index (κ3) is 3.68. The van der Waals surface area contributed by atoms with Gasteiger partial charge in [0.15, 0.2) is 12.3 Å². The van der Waals surface area contributed by atoms with Crippen LogP contribution in [0.25, 0.3) is 11.0 Å². The Kier molecular flexibility index (Phi) is 4.85. The number of hydrogen-bond acceptors (Lipinski definition) is 5. The summed E-state index contributed by atoms with van der Waals surface area (Å²) in [7, 11) is 0. The molecule has 3 heterocycles. The standard InChI is InChI=1S/C20H26N4O3/c1-13(2)24-19-16(11-21-24)15(10-17(22-19)14-6-7-14)20(26)27-12-18(25)23-8-4-3-5-9-23/h10-11,13-14H,3-9,12H2,1-2H3. The highest BCUT2D eigenvalue weighted by atomic mass is 16.5. The Morgan fingerprint density at radius 3 is 2.63 bits per heavy atom. The molecule has 2 aliphatic rings. The summed E-state index contributed by atoms with van der Waals surface area (Å²) in [4.78, 5) is 31.6. The predicted octanol–water partition coefficient (Wildman–Crippen LogP) is 3.06. The number of fused-ring (bicyclic) bond motifs is 1. The molecule has 2 aromatic heterocycles. The fraction of sp³-hybridized carbons (Fsp3) is 0.600. The lowest BCUT2D eigenvalue weighted by Crippen LogP contribution is -2.38. The van der Waals surface area contributed by atoms with E-state index in [-0.39, 0.29) is 18.6 Å². The zero-order valence-electron chi connectivity index (χ0n) is 16.0. The largest absolute Gasteiger partial charge is 0.452 e. The van der Waals surface area contributed by atoms with Gasteiger partial charge in [-0.25, -0.2) is 14.5 Å². The zero-order valence-corrected chi connectivity index (χ0v) is 16.0. The van der Waals surface area contributed by atoms with E-state index in [9.17, 15) is 9.59 Å². The highest BCUT2D eigenvalue weighted by molar-refractivity contribution is 6.03. The molecule has 144 valence electrons. The Morgan fingerprint density at radius 2 is 1.96 bits per heavy atom. The number of hydrogen-bond donors (Lipinski definition) is 0. The van der Waals surface area contributed by atoms with Crippen molar-refractivity contribution in [1.29, 1.82) is 0 Å². The van der Waals surface area contributed by atoms with E-state index in [2.05, 4.69) is 5.10 Å². The van der Waals surface area contributed by atoms with Gasteiger partial charge in [-0.1, -0.05) is 0 Å². The van der Waals surface area contributed by atoms with E-state index in [1.54, 1.807) is 11.1 Å². The number of pyridine rings is 1. The molecule has 0 N–H and O–H groups in total. The first-order chi connectivity index (χ1) is 13.0. The molecule has 0 bridgehead atoms. The van der Waals surface area contributed by atoms with Crippen LogP contribution in [-0.2, 0) is 9.53 Å². The van der Waals surface area contributed by atoms with Crippen molar-refractivity contribution in [3.8, 4) is 0 Å². The van der Waals surface area contributed by atoms with Gasteiger partial charge in [0.25, 0.3) is 5.91 Å². The van der Waals surface area contributed by atoms with Gasteiger partial charge in [0.05, 0.1) is 17.1 Å². The summed E-state index contributed by atoms with van der Waals surface area (Å²) >= 11 is 0. The van der Waals surface area contributed by atoms with Crippen molar-refractivity contribution >= 4 is 22.9 Å². The minimum Gasteiger partial charge on any atom is -0.452 e. The predicted molar refractivity (Wildman–Crippen MR) is 101 cm³/mol. The minimum absolute atomic E-state index is 0.117. The maximum absolute atomic E-state index is 12.8. The smallest absolute Gasteiger partial charge is 0.339 e. The van der Waals surface area contributed by atoms with Crippen LogP contribution in [-0.4, -0.2) is 51.2 Å². The summed E-state index contributed by atoms with van der Waals surface area (Å²) in [5, 5.41) is 5.08. The van der Waals surface area contributed by atoms with E-state index in [1.165, 1.54) is 0 Å². The fourth-order valence-corrected chi connectivity index (χ4v) is 3.61. The lowest BCUT2D eigenvalue weighted by molar-refractivity contribution is -0.135. The molecule has 1 saturated carbocycles. The van der Waals surface area contributed by atoms with E-state index >= 15 is 0 Å². The molecule has 0 spiro atoms. The summed E-state index contributed by atoms with van der Waals surface area (Å²) in [5.41, 5.74) is 2.09. The van der Waals surface area contributed by atoms with Crippen LogP contribution in [0.1, 0.15) is 74.0 Å². The number of ether oxygens (including phenoxy) is 1. The normalized spacial score (nSPS) is 17.5. The minimum atomic E-state index is -0.474. The summed E-state index contributed by atoms with van der Waals surface area (Å²) < 4.78 is 7.21. The second-order valence-corrected chi connectivity index (χ2v) is 7.81. The third-order valence-corrected chi connectivity index (χ3v) is 5.33. The Bertz CT molecular complexity index is 863.